The van der Waals surface area contributed by atoms with Crippen molar-refractivity contribution in [3.05, 3.63) is 65.2 Å². The summed E-state index contributed by atoms with van der Waals surface area (Å²) < 4.78 is 38.2. The minimum Gasteiger partial charge on any atom is -0.489 e. The maximum atomic E-state index is 14.2. The fourth-order valence-electron chi connectivity index (χ4n) is 1.99. The first-order valence-electron chi connectivity index (χ1n) is 7.12. The fourth-order valence-corrected chi connectivity index (χ4v) is 1.99. The summed E-state index contributed by atoms with van der Waals surface area (Å²) in [6.07, 6.45) is 0. The Bertz CT molecular complexity index is 725. The predicted octanol–water partition coefficient (Wildman–Crippen LogP) is 3.29. The number of esters is 1. The molecule has 126 valence electrons. The highest BCUT2D eigenvalue weighted by Gasteiger charge is 2.25. The quantitative estimate of drug-likeness (QED) is 0.381. The summed E-state index contributed by atoms with van der Waals surface area (Å²) in [6, 6.07) is 10.9. The van der Waals surface area contributed by atoms with Crippen molar-refractivity contribution >= 4 is 11.7 Å². The zero-order valence-electron chi connectivity index (χ0n) is 12.8. The van der Waals surface area contributed by atoms with E-state index in [0.717, 1.165) is 17.7 Å². The van der Waals surface area contributed by atoms with Crippen molar-refractivity contribution in [2.45, 2.75) is 13.5 Å². The van der Waals surface area contributed by atoms with E-state index in [2.05, 4.69) is 9.89 Å². The summed E-state index contributed by atoms with van der Waals surface area (Å²) in [4.78, 5) is 11.6. The Morgan fingerprint density at radius 1 is 1.17 bits per heavy atom. The van der Waals surface area contributed by atoms with Gasteiger partial charge in [-0.1, -0.05) is 35.5 Å². The van der Waals surface area contributed by atoms with Crippen LogP contribution in [-0.4, -0.2) is 23.5 Å². The van der Waals surface area contributed by atoms with Crippen LogP contribution in [0.25, 0.3) is 0 Å². The van der Waals surface area contributed by atoms with E-state index in [9.17, 15) is 13.6 Å². The first kappa shape index (κ1) is 17.4. The average molecular weight is 335 g/mol. The van der Waals surface area contributed by atoms with Crippen molar-refractivity contribution in [3.63, 3.8) is 0 Å². The highest BCUT2D eigenvalue weighted by molar-refractivity contribution is 6.43. The van der Waals surface area contributed by atoms with E-state index in [1.807, 2.05) is 18.2 Å². The highest BCUT2D eigenvalue weighted by Crippen LogP contribution is 2.23. The van der Waals surface area contributed by atoms with Crippen LogP contribution in [0.2, 0.25) is 0 Å². The Hall–Kier alpha value is -2.96. The van der Waals surface area contributed by atoms with Gasteiger partial charge < -0.3 is 14.7 Å². The number of carbonyl (C=O) groups is 1. The molecule has 0 amide bonds. The van der Waals surface area contributed by atoms with Gasteiger partial charge in [-0.3, -0.25) is 0 Å². The molecule has 0 aliphatic rings. The minimum atomic E-state index is -1.13. The summed E-state index contributed by atoms with van der Waals surface area (Å²) >= 11 is 0. The second-order valence-corrected chi connectivity index (χ2v) is 4.71. The summed E-state index contributed by atoms with van der Waals surface area (Å²) in [7, 11) is 0. The molecule has 0 saturated heterocycles. The Kier molecular flexibility index (Phi) is 5.83. The van der Waals surface area contributed by atoms with Gasteiger partial charge in [-0.15, -0.1) is 0 Å². The molecule has 0 atom stereocenters. The zero-order chi connectivity index (χ0) is 17.5. The van der Waals surface area contributed by atoms with Crippen LogP contribution in [0, 0.1) is 11.6 Å². The number of oxime groups is 1. The molecule has 1 N–H and O–H groups in total. The molecule has 0 saturated carbocycles. The lowest BCUT2D eigenvalue weighted by atomic mass is 10.1. The standard InChI is InChI=1S/C17H15F2NO4/c1-2-23-17(21)16(20-22)15-13(18)8-12(9-14(15)19)24-10-11-6-4-3-5-7-11/h3-9,22H,2,10H2,1H3/b20-16-. The summed E-state index contributed by atoms with van der Waals surface area (Å²) in [5.41, 5.74) is -0.795. The van der Waals surface area contributed by atoms with E-state index >= 15 is 0 Å². The maximum absolute atomic E-state index is 14.2. The Morgan fingerprint density at radius 3 is 2.33 bits per heavy atom. The third kappa shape index (κ3) is 4.07. The molecule has 0 aliphatic heterocycles. The van der Waals surface area contributed by atoms with Crippen LogP contribution in [0.5, 0.6) is 5.75 Å². The SMILES string of the molecule is CCOC(=O)/C(=N\O)c1c(F)cc(OCc2ccccc2)cc1F. The summed E-state index contributed by atoms with van der Waals surface area (Å²) in [5.74, 6) is -3.38. The van der Waals surface area contributed by atoms with Crippen molar-refractivity contribution in [3.8, 4) is 5.75 Å². The van der Waals surface area contributed by atoms with Crippen LogP contribution in [0.3, 0.4) is 0 Å². The van der Waals surface area contributed by atoms with E-state index in [1.54, 1.807) is 12.1 Å². The molecule has 0 unspecified atom stereocenters. The molecule has 0 aromatic heterocycles. The molecule has 5 nitrogen and oxygen atoms in total. The van der Waals surface area contributed by atoms with Crippen molar-refractivity contribution in [2.75, 3.05) is 6.61 Å². The van der Waals surface area contributed by atoms with Gasteiger partial charge in [-0.2, -0.15) is 0 Å². The normalized spacial score (nSPS) is 11.2. The molecular weight excluding hydrogens is 320 g/mol. The monoisotopic (exact) mass is 335 g/mol. The third-order valence-corrected chi connectivity index (χ3v) is 3.07. The molecule has 0 aliphatic carbocycles. The molecule has 0 bridgehead atoms. The lowest BCUT2D eigenvalue weighted by Gasteiger charge is -2.10. The van der Waals surface area contributed by atoms with Crippen LogP contribution in [0.4, 0.5) is 8.78 Å². The number of benzene rings is 2. The lowest BCUT2D eigenvalue weighted by Crippen LogP contribution is -2.21. The molecule has 2 rings (SSSR count). The number of rotatable bonds is 6. The Labute approximate surface area is 137 Å². The zero-order valence-corrected chi connectivity index (χ0v) is 12.8. The Balaban J connectivity index is 2.23. The maximum Gasteiger partial charge on any atom is 0.361 e. The van der Waals surface area contributed by atoms with E-state index in [1.165, 1.54) is 6.92 Å². The first-order valence-corrected chi connectivity index (χ1v) is 7.12. The molecule has 0 spiro atoms. The van der Waals surface area contributed by atoms with Gasteiger partial charge in [0.2, 0.25) is 0 Å². The van der Waals surface area contributed by atoms with E-state index in [0.29, 0.717) is 0 Å². The molecule has 0 radical (unpaired) electrons. The second kappa shape index (κ2) is 8.05. The van der Waals surface area contributed by atoms with Crippen LogP contribution in [0.1, 0.15) is 18.1 Å². The van der Waals surface area contributed by atoms with E-state index < -0.39 is 28.9 Å². The second-order valence-electron chi connectivity index (χ2n) is 4.71. The van der Waals surface area contributed by atoms with Gasteiger partial charge >= 0.3 is 5.97 Å². The molecular formula is C17H15F2NO4. The number of nitrogens with zero attached hydrogens (tertiary/aromatic N) is 1. The molecule has 2 aromatic carbocycles. The molecule has 2 aromatic rings. The number of hydrogen-bond donors (Lipinski definition) is 1. The molecule has 0 fully saturated rings. The largest absolute Gasteiger partial charge is 0.489 e. The van der Waals surface area contributed by atoms with Gasteiger partial charge in [0, 0.05) is 12.1 Å². The smallest absolute Gasteiger partial charge is 0.361 e. The minimum absolute atomic E-state index is 0.0284. The third-order valence-electron chi connectivity index (χ3n) is 3.07. The Morgan fingerprint density at radius 2 is 1.79 bits per heavy atom. The van der Waals surface area contributed by atoms with Gasteiger partial charge in [0.1, 0.15) is 24.0 Å². The van der Waals surface area contributed by atoms with Crippen LogP contribution < -0.4 is 4.74 Å². The number of carbonyl (C=O) groups excluding carboxylic acids is 1. The highest BCUT2D eigenvalue weighted by atomic mass is 19.1. The van der Waals surface area contributed by atoms with Crippen molar-refractivity contribution < 1.29 is 28.3 Å². The first-order chi connectivity index (χ1) is 11.6. The van der Waals surface area contributed by atoms with Crippen molar-refractivity contribution in [2.24, 2.45) is 5.16 Å². The van der Waals surface area contributed by atoms with E-state index in [4.69, 9.17) is 9.94 Å². The molecule has 24 heavy (non-hydrogen) atoms. The summed E-state index contributed by atoms with van der Waals surface area (Å²) in [5, 5.41) is 11.5. The van der Waals surface area contributed by atoms with Crippen LogP contribution in [-0.2, 0) is 16.1 Å². The average Bonchev–Trinajstić information content (AvgIpc) is 2.57. The summed E-state index contributed by atoms with van der Waals surface area (Å²) in [6.45, 7) is 1.61. The van der Waals surface area contributed by atoms with Gasteiger partial charge in [-0.05, 0) is 12.5 Å². The molecule has 7 heteroatoms. The number of hydrogen-bond acceptors (Lipinski definition) is 5. The molecule has 0 heterocycles. The van der Waals surface area contributed by atoms with Crippen molar-refractivity contribution in [1.29, 1.82) is 0 Å². The van der Waals surface area contributed by atoms with E-state index in [-0.39, 0.29) is 19.0 Å². The van der Waals surface area contributed by atoms with Gasteiger partial charge in [0.15, 0.2) is 5.71 Å². The fraction of sp³-hybridized carbons (Fsp3) is 0.176. The number of ether oxygens (including phenoxy) is 2. The predicted molar refractivity (Wildman–Crippen MR) is 82.1 cm³/mol. The lowest BCUT2D eigenvalue weighted by molar-refractivity contribution is -0.135. The number of halogens is 2. The van der Waals surface area contributed by atoms with Gasteiger partial charge in [0.05, 0.1) is 12.2 Å². The van der Waals surface area contributed by atoms with Crippen LogP contribution >= 0.6 is 0 Å². The topological polar surface area (TPSA) is 68.1 Å². The van der Waals surface area contributed by atoms with Crippen molar-refractivity contribution in [1.82, 2.24) is 0 Å². The van der Waals surface area contributed by atoms with Gasteiger partial charge in [0.25, 0.3) is 0 Å². The van der Waals surface area contributed by atoms with Gasteiger partial charge in [-0.25, -0.2) is 13.6 Å². The van der Waals surface area contributed by atoms with Crippen LogP contribution in [0.15, 0.2) is 47.6 Å².